The van der Waals surface area contributed by atoms with Crippen LogP contribution in [0.25, 0.3) is 0 Å². The summed E-state index contributed by atoms with van der Waals surface area (Å²) >= 11 is 0. The second-order valence-electron chi connectivity index (χ2n) is 26.3. The van der Waals surface area contributed by atoms with E-state index in [0.717, 1.165) is 73.7 Å². The maximum absolute atomic E-state index is 12.7. The number of aromatic hydroxyl groups is 7. The van der Waals surface area contributed by atoms with Crippen LogP contribution >= 0.6 is 0 Å². The summed E-state index contributed by atoms with van der Waals surface area (Å²) in [5.41, 5.74) is 6.07. The highest BCUT2D eigenvalue weighted by molar-refractivity contribution is 5.51. The van der Waals surface area contributed by atoms with Crippen molar-refractivity contribution in [1.82, 2.24) is 0 Å². The van der Waals surface area contributed by atoms with E-state index in [1.165, 1.54) is 65.9 Å². The van der Waals surface area contributed by atoms with Crippen molar-refractivity contribution in [1.29, 1.82) is 0 Å². The van der Waals surface area contributed by atoms with E-state index in [4.69, 9.17) is 33.5 Å². The van der Waals surface area contributed by atoms with E-state index in [1.54, 1.807) is 42.5 Å². The van der Waals surface area contributed by atoms with E-state index in [1.807, 2.05) is 36.4 Å². The van der Waals surface area contributed by atoms with E-state index in [0.29, 0.717) is 58.5 Å². The van der Waals surface area contributed by atoms with Gasteiger partial charge in [0, 0.05) is 38.5 Å². The Morgan fingerprint density at radius 3 is 1.37 bits per heavy atom. The van der Waals surface area contributed by atoms with Crippen molar-refractivity contribution in [3.8, 4) is 57.5 Å². The van der Waals surface area contributed by atoms with Crippen molar-refractivity contribution in [3.63, 3.8) is 0 Å². The van der Waals surface area contributed by atoms with Crippen LogP contribution < -0.4 is 14.2 Å². The molecule has 15 rings (SSSR count). The molecule has 7 aliphatic heterocycles. The second-order valence-corrected chi connectivity index (χ2v) is 26.3. The van der Waals surface area contributed by atoms with Crippen molar-refractivity contribution in [2.45, 2.75) is 159 Å². The Labute approximate surface area is 537 Å². The van der Waals surface area contributed by atoms with Crippen molar-refractivity contribution in [3.05, 3.63) is 189 Å². The lowest BCUT2D eigenvalue weighted by Crippen LogP contribution is -2.38. The molecule has 506 valence electrons. The van der Waals surface area contributed by atoms with Crippen LogP contribution in [0.2, 0.25) is 0 Å². The molecule has 7 aromatic rings. The molecule has 7 aromatic carbocycles. The van der Waals surface area contributed by atoms with Crippen LogP contribution in [0.5, 0.6) is 57.5 Å². The molecule has 8 aliphatic rings. The third kappa shape index (κ3) is 16.3. The molecular formula is C71H75F9O14. The largest absolute Gasteiger partial charge is 0.508 e. The van der Waals surface area contributed by atoms with Gasteiger partial charge in [0.25, 0.3) is 0 Å². The van der Waals surface area contributed by atoms with Crippen LogP contribution in [0.15, 0.2) is 127 Å². The summed E-state index contributed by atoms with van der Waals surface area (Å²) < 4.78 is 148. The fourth-order valence-electron chi connectivity index (χ4n) is 11.8. The Balaban J connectivity index is 0.000000129. The summed E-state index contributed by atoms with van der Waals surface area (Å²) in [6.45, 7) is 17.5. The van der Waals surface area contributed by atoms with E-state index in [9.17, 15) is 70.2 Å². The molecule has 1 fully saturated rings. The molecule has 7 heterocycles. The van der Waals surface area contributed by atoms with Crippen LogP contribution in [-0.4, -0.2) is 80.7 Å². The standard InChI is InChI=1S/2C11H14O2.2C10H9F3O2.C10H10O2.C10H12O2.C9H7F3O2/c1-11(2)7-13-6-8-3-4-9(12)5-10(8)11;1-11(2)5-6-13-10-4-3-8(12)7-9(10)11;1-9(10(11,12)13)8-4-7(14)3-2-6(8)5-15-9;11-10(12,13)4-9-8-3-7(14)2-1-6(8)5-15-9;11-7-1-2-9-8(5-7)10(3-4-10)6-12-9;1-10(2)6-12-9-4-3-7(11)5-8(9)10;10-9(11,12)8-7-3-6(13)2-1-5(7)4-14-8/h3-5,12H,6-7H2,1-2H3;3-4,7,12H,5-6H2,1-2H3;2-4,14H,5H2,1H3;1-3,9,14H,4-5H2;1-2,5,11H,3-4,6H2;3-5,11H,6H2,1-2H3;1-3,8,13H,4H2. The fraction of sp³-hybridized carbons (Fsp3) is 0.408. The van der Waals surface area contributed by atoms with Gasteiger partial charge in [-0.15, -0.1) is 0 Å². The Kier molecular flexibility index (Phi) is 20.0. The lowest BCUT2D eigenvalue weighted by Gasteiger charge is -2.32. The first kappa shape index (κ1) is 70.1. The van der Waals surface area contributed by atoms with Gasteiger partial charge in [0.15, 0.2) is 11.7 Å². The van der Waals surface area contributed by atoms with E-state index in [2.05, 4.69) is 46.3 Å². The fourth-order valence-corrected chi connectivity index (χ4v) is 11.8. The lowest BCUT2D eigenvalue weighted by atomic mass is 9.80. The zero-order chi connectivity index (χ0) is 68.6. The molecule has 0 saturated heterocycles. The van der Waals surface area contributed by atoms with Gasteiger partial charge >= 0.3 is 18.5 Å². The average Bonchev–Trinajstić information content (AvgIpc) is 1.58. The third-order valence-corrected chi connectivity index (χ3v) is 17.5. The van der Waals surface area contributed by atoms with Gasteiger partial charge in [-0.05, 0) is 174 Å². The van der Waals surface area contributed by atoms with Crippen LogP contribution in [0, 0.1) is 0 Å². The van der Waals surface area contributed by atoms with Gasteiger partial charge in [-0.2, -0.15) is 39.5 Å². The first-order valence-electron chi connectivity index (χ1n) is 30.2. The van der Waals surface area contributed by atoms with E-state index < -0.39 is 42.8 Å². The average molecular weight is 1320 g/mol. The highest BCUT2D eigenvalue weighted by atomic mass is 19.4. The van der Waals surface area contributed by atoms with Gasteiger partial charge in [0.1, 0.15) is 57.5 Å². The molecule has 0 radical (unpaired) electrons. The monoisotopic (exact) mass is 1320 g/mol. The minimum atomic E-state index is -4.48. The number of ether oxygens (including phenoxy) is 7. The molecule has 14 nitrogen and oxygen atoms in total. The zero-order valence-corrected chi connectivity index (χ0v) is 52.7. The number of alkyl halides is 9. The number of halogens is 9. The lowest BCUT2D eigenvalue weighted by molar-refractivity contribution is -0.272. The summed E-state index contributed by atoms with van der Waals surface area (Å²) in [6.07, 6.45) is -13.6. The number of hydrogen-bond donors (Lipinski definition) is 7. The van der Waals surface area contributed by atoms with Crippen molar-refractivity contribution in [2.75, 3.05) is 26.4 Å². The van der Waals surface area contributed by atoms with Gasteiger partial charge < -0.3 is 68.9 Å². The highest BCUT2D eigenvalue weighted by Crippen LogP contribution is 2.56. The predicted molar refractivity (Wildman–Crippen MR) is 327 cm³/mol. The predicted octanol–water partition coefficient (Wildman–Crippen LogP) is 16.7. The Morgan fingerprint density at radius 2 is 0.830 bits per heavy atom. The summed E-state index contributed by atoms with van der Waals surface area (Å²) in [5.74, 6) is 3.70. The molecule has 0 amide bonds. The number of rotatable bonds is 1. The van der Waals surface area contributed by atoms with Gasteiger partial charge in [0.2, 0.25) is 0 Å². The number of phenolic OH excluding ortho intramolecular Hbond substituents is 7. The second kappa shape index (κ2) is 26.9. The number of hydrogen-bond acceptors (Lipinski definition) is 14. The molecule has 94 heavy (non-hydrogen) atoms. The van der Waals surface area contributed by atoms with E-state index >= 15 is 0 Å². The maximum atomic E-state index is 12.7. The Bertz CT molecular complexity index is 3720. The minimum absolute atomic E-state index is 0.00463. The zero-order valence-electron chi connectivity index (χ0n) is 52.7. The number of fused-ring (bicyclic) bond motifs is 8. The molecule has 1 aliphatic carbocycles. The van der Waals surface area contributed by atoms with Crippen LogP contribution in [0.4, 0.5) is 39.5 Å². The third-order valence-electron chi connectivity index (χ3n) is 17.5. The number of phenols is 7. The topological polar surface area (TPSA) is 206 Å². The highest BCUT2D eigenvalue weighted by Gasteiger charge is 2.57. The molecule has 3 atom stereocenters. The summed E-state index contributed by atoms with van der Waals surface area (Å²) in [4.78, 5) is 0. The van der Waals surface area contributed by atoms with Gasteiger partial charge in [0.05, 0.1) is 65.4 Å². The minimum Gasteiger partial charge on any atom is -0.508 e. The molecular weight excluding hydrogens is 1250 g/mol. The van der Waals surface area contributed by atoms with Crippen molar-refractivity contribution < 1.29 is 108 Å². The molecule has 1 spiro atoms. The van der Waals surface area contributed by atoms with Gasteiger partial charge in [-0.1, -0.05) is 65.8 Å². The molecule has 3 unspecified atom stereocenters. The summed E-state index contributed by atoms with van der Waals surface area (Å²) in [5, 5.41) is 64.7. The smallest absolute Gasteiger partial charge is 0.421 e. The molecule has 0 aromatic heterocycles. The normalized spacial score (nSPS) is 20.9. The Hall–Kier alpha value is -8.25. The quantitative estimate of drug-likeness (QED) is 0.0764. The Morgan fingerprint density at radius 1 is 0.404 bits per heavy atom. The van der Waals surface area contributed by atoms with Crippen molar-refractivity contribution in [2.24, 2.45) is 0 Å². The molecule has 7 N–H and O–H groups in total. The van der Waals surface area contributed by atoms with Crippen LogP contribution in [-0.2, 0) is 72.6 Å². The van der Waals surface area contributed by atoms with Gasteiger partial charge in [-0.3, -0.25) is 0 Å². The maximum Gasteiger partial charge on any atom is 0.421 e. The summed E-state index contributed by atoms with van der Waals surface area (Å²) in [7, 11) is 0. The first-order valence-corrected chi connectivity index (χ1v) is 30.2. The molecule has 23 heteroatoms. The van der Waals surface area contributed by atoms with Crippen LogP contribution in [0.1, 0.15) is 148 Å². The van der Waals surface area contributed by atoms with Gasteiger partial charge in [-0.25, -0.2) is 0 Å². The first-order chi connectivity index (χ1) is 43.9. The number of benzene rings is 7. The van der Waals surface area contributed by atoms with E-state index in [-0.39, 0.29) is 69.9 Å². The van der Waals surface area contributed by atoms with Crippen LogP contribution in [0.3, 0.4) is 0 Å². The summed E-state index contributed by atoms with van der Waals surface area (Å²) in [6, 6.07) is 33.6. The van der Waals surface area contributed by atoms with Crippen molar-refractivity contribution >= 4 is 0 Å². The molecule has 0 bridgehead atoms. The SMILES string of the molecule is CC1(C(F)(F)F)OCc2ccc(O)cc21.CC1(C)CCOc2ccc(O)cc21.CC1(C)COCc2ccc(O)cc21.CC1(C)COc2ccc(O)cc21.Oc1ccc2c(c1)C(C(F)(F)F)OC2.Oc1ccc2c(c1)C(CC(F)(F)F)OC2.Oc1ccc2c(c1)C1(CC1)CO2. The molecule has 1 saturated carbocycles.